The molecule has 2 aromatic heterocycles. The average Bonchev–Trinajstić information content (AvgIpc) is 3.18. The Morgan fingerprint density at radius 1 is 1.33 bits per heavy atom. The first-order valence-electron chi connectivity index (χ1n) is 7.32. The Balaban J connectivity index is 1.54. The van der Waals surface area contributed by atoms with Crippen molar-refractivity contribution in [3.05, 3.63) is 42.4 Å². The number of imidazole rings is 1. The monoisotopic (exact) mass is 288 g/mol. The zero-order valence-electron chi connectivity index (χ0n) is 12.2. The van der Waals surface area contributed by atoms with Gasteiger partial charge in [0.15, 0.2) is 5.76 Å². The largest absolute Gasteiger partial charge is 0.459 e. The van der Waals surface area contributed by atoms with Gasteiger partial charge < -0.3 is 13.9 Å². The third kappa shape index (κ3) is 3.00. The van der Waals surface area contributed by atoms with Crippen molar-refractivity contribution in [2.24, 2.45) is 0 Å². The number of aryl methyl sites for hydroxylation is 1. The van der Waals surface area contributed by atoms with E-state index in [1.807, 2.05) is 17.4 Å². The molecule has 6 nitrogen and oxygen atoms in total. The summed E-state index contributed by atoms with van der Waals surface area (Å²) in [6, 6.07) is 3.46. The molecule has 3 heterocycles. The van der Waals surface area contributed by atoms with Crippen molar-refractivity contribution < 1.29 is 9.21 Å². The standard InChI is InChI=1S/C15H20N4O2/c1-2-18-12-16-10-13(18)11-17-5-7-19(8-6-17)15(20)14-4-3-9-21-14/h3-4,9-10,12H,2,5-8,11H2,1H3. The van der Waals surface area contributed by atoms with Gasteiger partial charge in [0, 0.05) is 45.5 Å². The van der Waals surface area contributed by atoms with Gasteiger partial charge in [-0.3, -0.25) is 9.69 Å². The number of hydrogen-bond acceptors (Lipinski definition) is 4. The van der Waals surface area contributed by atoms with Crippen LogP contribution in [0, 0.1) is 0 Å². The van der Waals surface area contributed by atoms with E-state index < -0.39 is 0 Å². The van der Waals surface area contributed by atoms with Gasteiger partial charge in [0.25, 0.3) is 5.91 Å². The van der Waals surface area contributed by atoms with Crippen LogP contribution in [0.4, 0.5) is 0 Å². The normalized spacial score (nSPS) is 16.3. The van der Waals surface area contributed by atoms with Gasteiger partial charge in [0.2, 0.25) is 0 Å². The molecule has 1 aliphatic rings. The Hall–Kier alpha value is -2.08. The molecular formula is C15H20N4O2. The third-order valence-electron chi connectivity index (χ3n) is 3.92. The number of carbonyl (C=O) groups is 1. The van der Waals surface area contributed by atoms with Crippen LogP contribution in [0.25, 0.3) is 0 Å². The van der Waals surface area contributed by atoms with Gasteiger partial charge in [-0.25, -0.2) is 4.98 Å². The van der Waals surface area contributed by atoms with Gasteiger partial charge in [0.05, 0.1) is 18.3 Å². The minimum Gasteiger partial charge on any atom is -0.459 e. The maximum Gasteiger partial charge on any atom is 0.289 e. The van der Waals surface area contributed by atoms with Gasteiger partial charge in [0.1, 0.15) is 0 Å². The lowest BCUT2D eigenvalue weighted by Crippen LogP contribution is -2.48. The second-order valence-corrected chi connectivity index (χ2v) is 5.22. The SMILES string of the molecule is CCn1cncc1CN1CCN(C(=O)c2ccco2)CC1. The Labute approximate surface area is 124 Å². The first kappa shape index (κ1) is 13.9. The van der Waals surface area contributed by atoms with Crippen LogP contribution < -0.4 is 0 Å². The average molecular weight is 288 g/mol. The molecule has 0 radical (unpaired) electrons. The maximum absolute atomic E-state index is 12.2. The van der Waals surface area contributed by atoms with Crippen LogP contribution in [0.1, 0.15) is 23.2 Å². The molecule has 1 fully saturated rings. The lowest BCUT2D eigenvalue weighted by Gasteiger charge is -2.34. The molecule has 6 heteroatoms. The predicted octanol–water partition coefficient (Wildman–Crippen LogP) is 1.45. The molecule has 0 saturated carbocycles. The van der Waals surface area contributed by atoms with E-state index in [0.29, 0.717) is 5.76 Å². The number of nitrogens with zero attached hydrogens (tertiary/aromatic N) is 4. The molecule has 0 aliphatic carbocycles. The summed E-state index contributed by atoms with van der Waals surface area (Å²) in [5, 5.41) is 0. The van der Waals surface area contributed by atoms with Crippen LogP contribution in [-0.4, -0.2) is 51.4 Å². The van der Waals surface area contributed by atoms with Crippen molar-refractivity contribution in [1.82, 2.24) is 19.4 Å². The number of hydrogen-bond donors (Lipinski definition) is 0. The van der Waals surface area contributed by atoms with Crippen molar-refractivity contribution in [2.45, 2.75) is 20.0 Å². The summed E-state index contributed by atoms with van der Waals surface area (Å²) in [7, 11) is 0. The fraction of sp³-hybridized carbons (Fsp3) is 0.467. The summed E-state index contributed by atoms with van der Waals surface area (Å²) < 4.78 is 7.33. The summed E-state index contributed by atoms with van der Waals surface area (Å²) in [4.78, 5) is 20.6. The third-order valence-corrected chi connectivity index (χ3v) is 3.92. The number of carbonyl (C=O) groups excluding carboxylic acids is 1. The molecule has 1 amide bonds. The minimum atomic E-state index is -0.0155. The Morgan fingerprint density at radius 3 is 2.81 bits per heavy atom. The Kier molecular flexibility index (Phi) is 4.06. The summed E-state index contributed by atoms with van der Waals surface area (Å²) in [6.45, 7) is 7.16. The van der Waals surface area contributed by atoms with Crippen molar-refractivity contribution >= 4 is 5.91 Å². The lowest BCUT2D eigenvalue weighted by atomic mass is 10.2. The van der Waals surface area contributed by atoms with Crippen LogP contribution in [-0.2, 0) is 13.1 Å². The van der Waals surface area contributed by atoms with E-state index in [2.05, 4.69) is 21.4 Å². The van der Waals surface area contributed by atoms with Gasteiger partial charge >= 0.3 is 0 Å². The first-order chi connectivity index (χ1) is 10.3. The van der Waals surface area contributed by atoms with Crippen molar-refractivity contribution in [3.63, 3.8) is 0 Å². The molecule has 112 valence electrons. The number of aromatic nitrogens is 2. The fourth-order valence-corrected chi connectivity index (χ4v) is 2.66. The summed E-state index contributed by atoms with van der Waals surface area (Å²) in [6.07, 6.45) is 5.32. The zero-order chi connectivity index (χ0) is 14.7. The highest BCUT2D eigenvalue weighted by Crippen LogP contribution is 2.12. The molecule has 2 aromatic rings. The van der Waals surface area contributed by atoms with Crippen LogP contribution in [0.5, 0.6) is 0 Å². The van der Waals surface area contributed by atoms with E-state index in [1.54, 1.807) is 12.1 Å². The highest BCUT2D eigenvalue weighted by Gasteiger charge is 2.23. The zero-order valence-corrected chi connectivity index (χ0v) is 12.2. The van der Waals surface area contributed by atoms with Crippen LogP contribution in [0.2, 0.25) is 0 Å². The molecule has 21 heavy (non-hydrogen) atoms. The number of amides is 1. The molecule has 0 spiro atoms. The number of furan rings is 1. The topological polar surface area (TPSA) is 54.5 Å². The second kappa shape index (κ2) is 6.13. The van der Waals surface area contributed by atoms with Crippen LogP contribution in [0.15, 0.2) is 35.3 Å². The van der Waals surface area contributed by atoms with Gasteiger partial charge in [-0.1, -0.05) is 0 Å². The van der Waals surface area contributed by atoms with Gasteiger partial charge in [-0.15, -0.1) is 0 Å². The van der Waals surface area contributed by atoms with Gasteiger partial charge in [-0.2, -0.15) is 0 Å². The molecule has 0 unspecified atom stereocenters. The van der Waals surface area contributed by atoms with E-state index in [9.17, 15) is 4.79 Å². The highest BCUT2D eigenvalue weighted by atomic mass is 16.3. The van der Waals surface area contributed by atoms with Crippen molar-refractivity contribution in [3.8, 4) is 0 Å². The second-order valence-electron chi connectivity index (χ2n) is 5.22. The number of piperazine rings is 1. The summed E-state index contributed by atoms with van der Waals surface area (Å²) in [5.74, 6) is 0.408. The van der Waals surface area contributed by atoms with Gasteiger partial charge in [-0.05, 0) is 19.1 Å². The molecule has 1 saturated heterocycles. The Morgan fingerprint density at radius 2 is 2.14 bits per heavy atom. The highest BCUT2D eigenvalue weighted by molar-refractivity contribution is 5.91. The maximum atomic E-state index is 12.2. The quantitative estimate of drug-likeness (QED) is 0.854. The first-order valence-corrected chi connectivity index (χ1v) is 7.32. The minimum absolute atomic E-state index is 0.0155. The smallest absolute Gasteiger partial charge is 0.289 e. The van der Waals surface area contributed by atoms with E-state index in [1.165, 1.54) is 12.0 Å². The molecule has 0 N–H and O–H groups in total. The Bertz CT molecular complexity index is 583. The molecule has 0 atom stereocenters. The van der Waals surface area contributed by atoms with Crippen molar-refractivity contribution in [1.29, 1.82) is 0 Å². The molecule has 3 rings (SSSR count). The van der Waals surface area contributed by atoms with E-state index in [0.717, 1.165) is 39.3 Å². The number of rotatable bonds is 4. The summed E-state index contributed by atoms with van der Waals surface area (Å²) in [5.41, 5.74) is 1.23. The van der Waals surface area contributed by atoms with Crippen molar-refractivity contribution in [2.75, 3.05) is 26.2 Å². The summed E-state index contributed by atoms with van der Waals surface area (Å²) >= 11 is 0. The van der Waals surface area contributed by atoms with Crippen LogP contribution in [0.3, 0.4) is 0 Å². The van der Waals surface area contributed by atoms with E-state index in [-0.39, 0.29) is 5.91 Å². The molecule has 0 aromatic carbocycles. The van der Waals surface area contributed by atoms with Crippen LogP contribution >= 0.6 is 0 Å². The van der Waals surface area contributed by atoms with E-state index in [4.69, 9.17) is 4.42 Å². The molecule has 1 aliphatic heterocycles. The molecule has 0 bridgehead atoms. The molecular weight excluding hydrogens is 268 g/mol. The van der Waals surface area contributed by atoms with E-state index >= 15 is 0 Å². The lowest BCUT2D eigenvalue weighted by molar-refractivity contribution is 0.0595. The predicted molar refractivity (Wildman–Crippen MR) is 77.8 cm³/mol. The fourth-order valence-electron chi connectivity index (χ4n) is 2.66.